The van der Waals surface area contributed by atoms with Crippen LogP contribution in [0, 0.1) is 13.8 Å². The second kappa shape index (κ2) is 7.34. The van der Waals surface area contributed by atoms with Gasteiger partial charge >= 0.3 is 0 Å². The van der Waals surface area contributed by atoms with Gasteiger partial charge in [0, 0.05) is 35.6 Å². The molecule has 0 saturated carbocycles. The minimum Gasteiger partial charge on any atom is -0.338 e. The number of fused-ring (bicyclic) bond motifs is 1. The van der Waals surface area contributed by atoms with Crippen LogP contribution in [0.25, 0.3) is 5.69 Å². The predicted octanol–water partition coefficient (Wildman–Crippen LogP) is 4.86. The van der Waals surface area contributed by atoms with E-state index in [0.29, 0.717) is 6.04 Å². The van der Waals surface area contributed by atoms with Crippen molar-refractivity contribution in [2.75, 3.05) is 5.75 Å². The highest BCUT2D eigenvalue weighted by molar-refractivity contribution is 8.14. The summed E-state index contributed by atoms with van der Waals surface area (Å²) in [5, 5.41) is 1.17. The fraction of sp³-hybridized carbons (Fsp3) is 0.348. The molecule has 0 spiro atoms. The Bertz CT molecular complexity index is 1040. The van der Waals surface area contributed by atoms with E-state index in [2.05, 4.69) is 64.5 Å². The van der Waals surface area contributed by atoms with Crippen LogP contribution in [0.15, 0.2) is 60.0 Å². The molecule has 5 rings (SSSR count). The van der Waals surface area contributed by atoms with Gasteiger partial charge in [-0.3, -0.25) is 15.0 Å². The highest BCUT2D eigenvalue weighted by atomic mass is 32.2. The van der Waals surface area contributed by atoms with Gasteiger partial charge in [0.05, 0.1) is 23.6 Å². The Morgan fingerprint density at radius 1 is 1.14 bits per heavy atom. The predicted molar refractivity (Wildman–Crippen MR) is 119 cm³/mol. The van der Waals surface area contributed by atoms with Crippen LogP contribution in [0.1, 0.15) is 48.1 Å². The summed E-state index contributed by atoms with van der Waals surface area (Å²) in [6, 6.07) is 13.3. The minimum absolute atomic E-state index is 0.0240. The molecule has 3 aromatic heterocycles. The van der Waals surface area contributed by atoms with E-state index in [-0.39, 0.29) is 12.1 Å². The van der Waals surface area contributed by atoms with Gasteiger partial charge in [-0.05, 0) is 56.2 Å². The number of aromatic nitrogens is 3. The second-order valence-electron chi connectivity index (χ2n) is 7.71. The van der Waals surface area contributed by atoms with Gasteiger partial charge in [-0.15, -0.1) is 0 Å². The van der Waals surface area contributed by atoms with Crippen LogP contribution in [0.4, 0.5) is 0 Å². The molecule has 29 heavy (non-hydrogen) atoms. The van der Waals surface area contributed by atoms with E-state index in [9.17, 15) is 0 Å². The molecule has 2 aliphatic heterocycles. The maximum atomic E-state index is 5.15. The lowest BCUT2D eigenvalue weighted by Crippen LogP contribution is -2.35. The van der Waals surface area contributed by atoms with Crippen LogP contribution < -0.4 is 0 Å². The zero-order chi connectivity index (χ0) is 20.0. The summed E-state index contributed by atoms with van der Waals surface area (Å²) in [7, 11) is 0. The van der Waals surface area contributed by atoms with Crippen molar-refractivity contribution in [2.24, 2.45) is 4.99 Å². The molecule has 3 atom stereocenters. The monoisotopic (exact) mass is 403 g/mol. The zero-order valence-electron chi connectivity index (χ0n) is 17.0. The van der Waals surface area contributed by atoms with Gasteiger partial charge in [-0.2, -0.15) is 0 Å². The molecule has 5 heterocycles. The van der Waals surface area contributed by atoms with Crippen molar-refractivity contribution in [1.82, 2.24) is 19.4 Å². The van der Waals surface area contributed by atoms with Crippen LogP contribution >= 0.6 is 11.8 Å². The topological polar surface area (TPSA) is 46.3 Å². The Morgan fingerprint density at radius 3 is 2.76 bits per heavy atom. The first-order valence-electron chi connectivity index (χ1n) is 10.2. The number of amidine groups is 1. The van der Waals surface area contributed by atoms with Crippen LogP contribution in [0.5, 0.6) is 0 Å². The molecule has 1 saturated heterocycles. The summed E-state index contributed by atoms with van der Waals surface area (Å²) in [5.74, 6) is 1.11. The van der Waals surface area contributed by atoms with Crippen LogP contribution in [-0.2, 0) is 0 Å². The molecule has 1 fully saturated rings. The molecule has 0 bridgehead atoms. The molecule has 0 aromatic carbocycles. The van der Waals surface area contributed by atoms with Gasteiger partial charge in [0.25, 0.3) is 0 Å². The molecule has 0 unspecified atom stereocenters. The number of hydrogen-bond acceptors (Lipinski definition) is 5. The SMILES string of the molecule is CC[C@H]1CSC2=N[C@H](c3ccccn3)[C@@H](c3cc(C)n(-c4cccnc4)c3C)N21. The molecule has 5 nitrogen and oxygen atoms in total. The average molecular weight is 404 g/mol. The first-order chi connectivity index (χ1) is 14.2. The second-order valence-corrected chi connectivity index (χ2v) is 8.70. The number of pyridine rings is 2. The Hall–Kier alpha value is -2.60. The smallest absolute Gasteiger partial charge is 0.160 e. The molecular formula is C23H25N5S. The Kier molecular flexibility index (Phi) is 4.66. The summed E-state index contributed by atoms with van der Waals surface area (Å²) in [6.07, 6.45) is 6.75. The Morgan fingerprint density at radius 2 is 2.03 bits per heavy atom. The van der Waals surface area contributed by atoms with Gasteiger partial charge in [-0.25, -0.2) is 0 Å². The lowest BCUT2D eigenvalue weighted by Gasteiger charge is -2.32. The van der Waals surface area contributed by atoms with Crippen molar-refractivity contribution in [1.29, 1.82) is 0 Å². The van der Waals surface area contributed by atoms with Crippen molar-refractivity contribution >= 4 is 16.9 Å². The summed E-state index contributed by atoms with van der Waals surface area (Å²) in [4.78, 5) is 16.7. The third kappa shape index (κ3) is 2.97. The van der Waals surface area contributed by atoms with E-state index in [1.807, 2.05) is 42.5 Å². The quantitative estimate of drug-likeness (QED) is 0.624. The first kappa shape index (κ1) is 18.4. The van der Waals surface area contributed by atoms with Crippen LogP contribution in [-0.4, -0.2) is 36.4 Å². The van der Waals surface area contributed by atoms with Gasteiger partial charge < -0.3 is 9.47 Å². The average Bonchev–Trinajstić information content (AvgIpc) is 3.40. The third-order valence-electron chi connectivity index (χ3n) is 6.02. The number of hydrogen-bond donors (Lipinski definition) is 0. The molecule has 0 amide bonds. The lowest BCUT2D eigenvalue weighted by atomic mass is 9.95. The fourth-order valence-corrected chi connectivity index (χ4v) is 5.99. The van der Waals surface area contributed by atoms with E-state index in [4.69, 9.17) is 4.99 Å². The largest absolute Gasteiger partial charge is 0.338 e. The maximum Gasteiger partial charge on any atom is 0.160 e. The van der Waals surface area contributed by atoms with Crippen LogP contribution in [0.2, 0.25) is 0 Å². The summed E-state index contributed by atoms with van der Waals surface area (Å²) in [5.41, 5.74) is 5.95. The molecule has 148 valence electrons. The Labute approximate surface area is 175 Å². The minimum atomic E-state index is 0.0240. The first-order valence-corrected chi connectivity index (χ1v) is 11.2. The Balaban J connectivity index is 1.64. The molecule has 0 N–H and O–H groups in total. The fourth-order valence-electron chi connectivity index (χ4n) is 4.66. The molecule has 6 heteroatoms. The summed E-state index contributed by atoms with van der Waals surface area (Å²) < 4.78 is 2.31. The van der Waals surface area contributed by atoms with Gasteiger partial charge in [0.2, 0.25) is 0 Å². The van der Waals surface area contributed by atoms with Gasteiger partial charge in [0.1, 0.15) is 6.04 Å². The van der Waals surface area contributed by atoms with E-state index >= 15 is 0 Å². The molecule has 3 aromatic rings. The highest BCUT2D eigenvalue weighted by Crippen LogP contribution is 2.49. The van der Waals surface area contributed by atoms with Crippen molar-refractivity contribution < 1.29 is 0 Å². The number of rotatable bonds is 4. The highest BCUT2D eigenvalue weighted by Gasteiger charge is 2.46. The zero-order valence-corrected chi connectivity index (χ0v) is 17.8. The molecular weight excluding hydrogens is 378 g/mol. The van der Waals surface area contributed by atoms with E-state index in [1.165, 1.54) is 22.1 Å². The summed E-state index contributed by atoms with van der Waals surface area (Å²) >= 11 is 1.89. The summed E-state index contributed by atoms with van der Waals surface area (Å²) in [6.45, 7) is 6.66. The normalized spacial score (nSPS) is 23.3. The standard InChI is InChI=1S/C23H25N5S/c1-4-17-14-29-23-26-21(20-9-5-6-11-25-20)22(28(17)23)19-12-15(2)27(16(19)3)18-8-7-10-24-13-18/h5-13,17,21-22H,4,14H2,1-3H3/t17-,21+,22+/m0/s1. The maximum absolute atomic E-state index is 5.15. The van der Waals surface area contributed by atoms with E-state index in [1.54, 1.807) is 0 Å². The lowest BCUT2D eigenvalue weighted by molar-refractivity contribution is 0.254. The van der Waals surface area contributed by atoms with E-state index in [0.717, 1.165) is 23.6 Å². The number of thioether (sulfide) groups is 1. The van der Waals surface area contributed by atoms with Crippen LogP contribution in [0.3, 0.4) is 0 Å². The van der Waals surface area contributed by atoms with Crippen molar-refractivity contribution in [3.8, 4) is 5.69 Å². The number of aryl methyl sites for hydroxylation is 1. The number of aliphatic imine (C=N–C) groups is 1. The van der Waals surface area contributed by atoms with Gasteiger partial charge in [-0.1, -0.05) is 24.8 Å². The van der Waals surface area contributed by atoms with Gasteiger partial charge in [0.15, 0.2) is 5.17 Å². The van der Waals surface area contributed by atoms with Crippen molar-refractivity contribution in [2.45, 2.75) is 45.3 Å². The molecule has 0 aliphatic carbocycles. The van der Waals surface area contributed by atoms with Crippen molar-refractivity contribution in [3.63, 3.8) is 0 Å². The number of nitrogens with zero attached hydrogens (tertiary/aromatic N) is 5. The molecule has 2 aliphatic rings. The molecule has 0 radical (unpaired) electrons. The van der Waals surface area contributed by atoms with E-state index < -0.39 is 0 Å². The van der Waals surface area contributed by atoms with Crippen molar-refractivity contribution in [3.05, 3.63) is 77.6 Å². The third-order valence-corrected chi connectivity index (χ3v) is 7.15.